The molecule has 0 amide bonds. The molecular formula is C22H21ClFNO4. The van der Waals surface area contributed by atoms with Crippen LogP contribution < -0.4 is 0 Å². The minimum absolute atomic E-state index is 0.0786. The summed E-state index contributed by atoms with van der Waals surface area (Å²) in [5, 5.41) is 20.5. The van der Waals surface area contributed by atoms with E-state index >= 15 is 0 Å². The van der Waals surface area contributed by atoms with Crippen LogP contribution in [-0.2, 0) is 4.79 Å². The minimum Gasteiger partial charge on any atom is -0.505 e. The smallest absolute Gasteiger partial charge is 0.311 e. The Bertz CT molecular complexity index is 1100. The van der Waals surface area contributed by atoms with Crippen molar-refractivity contribution in [2.75, 3.05) is 0 Å². The third-order valence-corrected chi connectivity index (χ3v) is 5.22. The van der Waals surface area contributed by atoms with Gasteiger partial charge in [0.25, 0.3) is 5.91 Å². The Balaban J connectivity index is 2.32. The molecule has 7 heteroatoms. The maximum Gasteiger partial charge on any atom is 0.311 e. The fraction of sp³-hybridized carbons (Fsp3) is 0.273. The number of benzene rings is 2. The highest BCUT2D eigenvalue weighted by atomic mass is 35.5. The second kappa shape index (κ2) is 7.87. The van der Waals surface area contributed by atoms with Gasteiger partial charge in [0.2, 0.25) is 0 Å². The molecule has 1 heterocycles. The van der Waals surface area contributed by atoms with E-state index < -0.39 is 29.4 Å². The molecule has 1 aromatic heterocycles. The van der Waals surface area contributed by atoms with Crippen molar-refractivity contribution >= 4 is 34.4 Å². The van der Waals surface area contributed by atoms with Gasteiger partial charge in [-0.2, -0.15) is 0 Å². The van der Waals surface area contributed by atoms with Gasteiger partial charge in [-0.15, -0.1) is 0 Å². The molecule has 0 aliphatic heterocycles. The summed E-state index contributed by atoms with van der Waals surface area (Å²) in [7, 11) is 0. The van der Waals surface area contributed by atoms with E-state index in [9.17, 15) is 24.2 Å². The number of nitrogens with zero attached hydrogens (tertiary/aromatic N) is 1. The summed E-state index contributed by atoms with van der Waals surface area (Å²) >= 11 is 5.90. The molecule has 1 atom stereocenters. The number of rotatable bonds is 5. The molecule has 3 rings (SSSR count). The SMILES string of the molecule is Cc1c(C(CC(C)C)C(=O)O)c2cc(O)c(F)cc2n1C(=O)c1ccc(Cl)cc1. The average molecular weight is 418 g/mol. The van der Waals surface area contributed by atoms with E-state index in [-0.39, 0.29) is 11.4 Å². The lowest BCUT2D eigenvalue weighted by Crippen LogP contribution is -2.17. The Kier molecular flexibility index (Phi) is 5.66. The molecule has 1 unspecified atom stereocenters. The van der Waals surface area contributed by atoms with Gasteiger partial charge in [-0.3, -0.25) is 14.2 Å². The largest absolute Gasteiger partial charge is 0.505 e. The van der Waals surface area contributed by atoms with Crippen molar-refractivity contribution in [2.24, 2.45) is 5.92 Å². The van der Waals surface area contributed by atoms with Crippen molar-refractivity contribution in [1.82, 2.24) is 4.57 Å². The van der Waals surface area contributed by atoms with Crippen LogP contribution in [0.25, 0.3) is 10.9 Å². The Hall–Kier alpha value is -2.86. The molecule has 5 nitrogen and oxygen atoms in total. The van der Waals surface area contributed by atoms with Crippen molar-refractivity contribution in [3.8, 4) is 5.75 Å². The number of halogens is 2. The molecule has 29 heavy (non-hydrogen) atoms. The second-order valence-electron chi connectivity index (χ2n) is 7.49. The number of aliphatic carboxylic acids is 1. The van der Waals surface area contributed by atoms with Gasteiger partial charge in [-0.1, -0.05) is 25.4 Å². The zero-order chi connectivity index (χ0) is 21.5. The monoisotopic (exact) mass is 417 g/mol. The number of aromatic nitrogens is 1. The average Bonchev–Trinajstić information content (AvgIpc) is 2.91. The van der Waals surface area contributed by atoms with Crippen LogP contribution in [0.3, 0.4) is 0 Å². The summed E-state index contributed by atoms with van der Waals surface area (Å²) < 4.78 is 15.4. The summed E-state index contributed by atoms with van der Waals surface area (Å²) in [6.45, 7) is 5.44. The van der Waals surface area contributed by atoms with Gasteiger partial charge in [0.05, 0.1) is 11.4 Å². The highest BCUT2D eigenvalue weighted by Crippen LogP contribution is 2.38. The molecule has 0 aliphatic carbocycles. The van der Waals surface area contributed by atoms with Gasteiger partial charge in [0.1, 0.15) is 0 Å². The summed E-state index contributed by atoms with van der Waals surface area (Å²) in [5.74, 6) is -3.78. The minimum atomic E-state index is -1.04. The molecular weight excluding hydrogens is 397 g/mol. The number of carboxylic acid groups (broad SMARTS) is 1. The van der Waals surface area contributed by atoms with E-state index in [0.29, 0.717) is 33.7 Å². The first-order valence-corrected chi connectivity index (χ1v) is 9.56. The molecule has 2 aromatic carbocycles. The van der Waals surface area contributed by atoms with Crippen LogP contribution in [0.15, 0.2) is 36.4 Å². The molecule has 152 valence electrons. The number of carbonyl (C=O) groups excluding carboxylic acids is 1. The first kappa shape index (κ1) is 20.9. The lowest BCUT2D eigenvalue weighted by molar-refractivity contribution is -0.139. The molecule has 0 bridgehead atoms. The number of fused-ring (bicyclic) bond motifs is 1. The van der Waals surface area contributed by atoms with E-state index in [2.05, 4.69) is 0 Å². The quantitative estimate of drug-likeness (QED) is 0.586. The predicted molar refractivity (Wildman–Crippen MR) is 109 cm³/mol. The zero-order valence-electron chi connectivity index (χ0n) is 16.2. The van der Waals surface area contributed by atoms with Crippen LogP contribution in [0.5, 0.6) is 5.75 Å². The molecule has 2 N–H and O–H groups in total. The number of phenols is 1. The maximum absolute atomic E-state index is 14.1. The van der Waals surface area contributed by atoms with Gasteiger partial charge < -0.3 is 10.2 Å². The Morgan fingerprint density at radius 3 is 2.34 bits per heavy atom. The van der Waals surface area contributed by atoms with Crippen LogP contribution in [0.1, 0.15) is 47.8 Å². The summed E-state index contributed by atoms with van der Waals surface area (Å²) in [4.78, 5) is 25.2. The van der Waals surface area contributed by atoms with Crippen LogP contribution in [0, 0.1) is 18.7 Å². The third-order valence-electron chi connectivity index (χ3n) is 4.97. The third kappa shape index (κ3) is 3.85. The molecule has 0 saturated carbocycles. The maximum atomic E-state index is 14.1. The van der Waals surface area contributed by atoms with Crippen molar-refractivity contribution in [2.45, 2.75) is 33.1 Å². The topological polar surface area (TPSA) is 79.5 Å². The van der Waals surface area contributed by atoms with Gasteiger partial charge in [0.15, 0.2) is 11.6 Å². The van der Waals surface area contributed by atoms with Crippen LogP contribution in [0.2, 0.25) is 5.02 Å². The van der Waals surface area contributed by atoms with E-state index in [1.807, 2.05) is 13.8 Å². The number of carboxylic acids is 1. The first-order valence-electron chi connectivity index (χ1n) is 9.18. The Morgan fingerprint density at radius 2 is 1.79 bits per heavy atom. The van der Waals surface area contributed by atoms with Gasteiger partial charge in [0, 0.05) is 27.7 Å². The zero-order valence-corrected chi connectivity index (χ0v) is 17.0. The standard InChI is InChI=1S/C22H21ClFNO4/c1-11(2)8-16(22(28)29)20-12(3)25(18-10-17(24)19(26)9-15(18)20)21(27)13-4-6-14(23)7-5-13/h4-7,9-11,16,26H,8H2,1-3H3,(H,28,29). The number of carbonyl (C=O) groups is 2. The van der Waals surface area contributed by atoms with E-state index in [0.717, 1.165) is 6.07 Å². The Morgan fingerprint density at radius 1 is 1.17 bits per heavy atom. The number of phenolic OH excluding ortho intramolecular Hbond substituents is 1. The van der Waals surface area contributed by atoms with Crippen LogP contribution in [0.4, 0.5) is 4.39 Å². The lowest BCUT2D eigenvalue weighted by Gasteiger charge is -2.16. The van der Waals surface area contributed by atoms with Gasteiger partial charge in [-0.05, 0) is 55.2 Å². The van der Waals surface area contributed by atoms with Crippen molar-refractivity contribution < 1.29 is 24.2 Å². The normalized spacial score (nSPS) is 12.5. The van der Waals surface area contributed by atoms with Crippen LogP contribution in [-0.4, -0.2) is 26.7 Å². The van der Waals surface area contributed by atoms with Crippen molar-refractivity contribution in [3.63, 3.8) is 0 Å². The summed E-state index contributed by atoms with van der Waals surface area (Å²) in [6.07, 6.45) is 0.336. The molecule has 0 fully saturated rings. The fourth-order valence-corrected chi connectivity index (χ4v) is 3.81. The molecule has 0 radical (unpaired) electrons. The fourth-order valence-electron chi connectivity index (χ4n) is 3.68. The molecule has 3 aromatic rings. The molecule has 0 saturated heterocycles. The number of hydrogen-bond acceptors (Lipinski definition) is 3. The van der Waals surface area contributed by atoms with Crippen molar-refractivity contribution in [1.29, 1.82) is 0 Å². The van der Waals surface area contributed by atoms with Crippen molar-refractivity contribution in [3.05, 3.63) is 64.1 Å². The highest BCUT2D eigenvalue weighted by Gasteiger charge is 2.30. The van der Waals surface area contributed by atoms with E-state index in [1.165, 1.54) is 10.6 Å². The molecule has 0 aliphatic rings. The highest BCUT2D eigenvalue weighted by molar-refractivity contribution is 6.30. The summed E-state index contributed by atoms with van der Waals surface area (Å²) in [5.41, 5.74) is 1.34. The second-order valence-corrected chi connectivity index (χ2v) is 7.92. The predicted octanol–water partition coefficient (Wildman–Crippen LogP) is 5.35. The lowest BCUT2D eigenvalue weighted by atomic mass is 9.88. The van der Waals surface area contributed by atoms with Crippen LogP contribution >= 0.6 is 11.6 Å². The van der Waals surface area contributed by atoms with E-state index in [1.54, 1.807) is 31.2 Å². The number of aromatic hydroxyl groups is 1. The number of hydrogen-bond donors (Lipinski definition) is 2. The van der Waals surface area contributed by atoms with Gasteiger partial charge >= 0.3 is 5.97 Å². The first-order chi connectivity index (χ1) is 13.6. The Labute approximate surface area is 172 Å². The summed E-state index contributed by atoms with van der Waals surface area (Å²) in [6, 6.07) is 8.49. The molecule has 0 spiro atoms. The van der Waals surface area contributed by atoms with Gasteiger partial charge in [-0.25, -0.2) is 4.39 Å². The van der Waals surface area contributed by atoms with E-state index in [4.69, 9.17) is 11.6 Å².